The molecule has 0 aliphatic carbocycles. The van der Waals surface area contributed by atoms with Crippen LogP contribution in [0, 0.1) is 12.3 Å². The third-order valence-corrected chi connectivity index (χ3v) is 6.11. The van der Waals surface area contributed by atoms with Crippen molar-refractivity contribution < 1.29 is 18.0 Å². The molecule has 0 aromatic heterocycles. The highest BCUT2D eigenvalue weighted by Gasteiger charge is 2.28. The lowest BCUT2D eigenvalue weighted by atomic mass is 10.2. The van der Waals surface area contributed by atoms with E-state index >= 15 is 0 Å². The summed E-state index contributed by atoms with van der Waals surface area (Å²) in [7, 11) is -3.26. The van der Waals surface area contributed by atoms with Gasteiger partial charge in [0.1, 0.15) is 0 Å². The van der Waals surface area contributed by atoms with Gasteiger partial charge in [-0.15, -0.1) is 6.42 Å². The fourth-order valence-electron chi connectivity index (χ4n) is 2.86. The lowest BCUT2D eigenvalue weighted by Gasteiger charge is -2.17. The van der Waals surface area contributed by atoms with Crippen LogP contribution >= 0.6 is 0 Å². The maximum Gasteiger partial charge on any atom is 0.251 e. The average Bonchev–Trinajstić information content (AvgIpc) is 3.05. The Bertz CT molecular complexity index is 1040. The molecule has 0 atom stereocenters. The number of amides is 2. The highest BCUT2D eigenvalue weighted by Crippen LogP contribution is 2.24. The second kappa shape index (κ2) is 8.15. The van der Waals surface area contributed by atoms with Gasteiger partial charge in [-0.1, -0.05) is 12.0 Å². The van der Waals surface area contributed by atoms with Crippen LogP contribution in [0.1, 0.15) is 22.3 Å². The number of benzene rings is 2. The third kappa shape index (κ3) is 4.50. The van der Waals surface area contributed by atoms with E-state index in [1.165, 1.54) is 16.4 Å². The quantitative estimate of drug-likeness (QED) is 0.749. The topological polar surface area (TPSA) is 95.6 Å². The molecule has 2 amide bonds. The van der Waals surface area contributed by atoms with Crippen LogP contribution in [0.5, 0.6) is 0 Å². The number of sulfonamides is 1. The molecule has 28 heavy (non-hydrogen) atoms. The summed E-state index contributed by atoms with van der Waals surface area (Å²) >= 11 is 0. The van der Waals surface area contributed by atoms with Gasteiger partial charge in [0.15, 0.2) is 0 Å². The number of nitrogens with zero attached hydrogens (tertiary/aromatic N) is 1. The van der Waals surface area contributed by atoms with Gasteiger partial charge in [0.25, 0.3) is 5.91 Å². The SMILES string of the molecule is C#Cc1cccc(NC(=O)CNC(=O)c2ccc(N3CCCS3(=O)=O)cc2)c1. The number of nitrogens with one attached hydrogen (secondary N) is 2. The van der Waals surface area contributed by atoms with Gasteiger partial charge in [-0.2, -0.15) is 0 Å². The predicted octanol–water partition coefficient (Wildman–Crippen LogP) is 1.58. The highest BCUT2D eigenvalue weighted by atomic mass is 32.2. The van der Waals surface area contributed by atoms with Crippen molar-refractivity contribution >= 4 is 33.2 Å². The maximum absolute atomic E-state index is 12.2. The summed E-state index contributed by atoms with van der Waals surface area (Å²) in [5.74, 6) is 1.80. The molecule has 0 bridgehead atoms. The zero-order valence-electron chi connectivity index (χ0n) is 15.0. The summed E-state index contributed by atoms with van der Waals surface area (Å²) in [6, 6.07) is 13.1. The van der Waals surface area contributed by atoms with Gasteiger partial charge in [-0.25, -0.2) is 8.42 Å². The van der Waals surface area contributed by atoms with Crippen molar-refractivity contribution in [3.63, 3.8) is 0 Å². The molecular weight excluding hydrogens is 378 g/mol. The van der Waals surface area contributed by atoms with Gasteiger partial charge in [0.05, 0.1) is 18.0 Å². The number of terminal acetylenes is 1. The Hall–Kier alpha value is -3.31. The first kappa shape index (κ1) is 19.5. The van der Waals surface area contributed by atoms with E-state index in [0.717, 1.165) is 0 Å². The van der Waals surface area contributed by atoms with Crippen LogP contribution in [0.25, 0.3) is 0 Å². The Balaban J connectivity index is 1.56. The first-order valence-corrected chi connectivity index (χ1v) is 10.3. The van der Waals surface area contributed by atoms with Crippen LogP contribution in [0.15, 0.2) is 48.5 Å². The van der Waals surface area contributed by atoms with E-state index in [0.29, 0.717) is 35.5 Å². The van der Waals surface area contributed by atoms with Crippen molar-refractivity contribution in [2.24, 2.45) is 0 Å². The van der Waals surface area contributed by atoms with E-state index < -0.39 is 15.9 Å². The smallest absolute Gasteiger partial charge is 0.251 e. The summed E-state index contributed by atoms with van der Waals surface area (Å²) < 4.78 is 25.2. The Morgan fingerprint density at radius 3 is 2.54 bits per heavy atom. The second-order valence-electron chi connectivity index (χ2n) is 6.24. The zero-order chi connectivity index (χ0) is 20.1. The summed E-state index contributed by atoms with van der Waals surface area (Å²) in [5.41, 5.74) is 2.05. The first-order chi connectivity index (χ1) is 13.4. The molecule has 0 spiro atoms. The molecule has 0 unspecified atom stereocenters. The Kier molecular flexibility index (Phi) is 5.66. The minimum Gasteiger partial charge on any atom is -0.343 e. The highest BCUT2D eigenvalue weighted by molar-refractivity contribution is 7.93. The molecule has 0 saturated carbocycles. The molecule has 3 rings (SSSR count). The lowest BCUT2D eigenvalue weighted by Crippen LogP contribution is -2.33. The fourth-order valence-corrected chi connectivity index (χ4v) is 4.43. The monoisotopic (exact) mass is 397 g/mol. The standard InChI is InChI=1S/C20H19N3O4S/c1-2-15-5-3-6-17(13-15)22-19(24)14-21-20(25)16-7-9-18(10-8-16)23-11-4-12-28(23,26)27/h1,3,5-10,13H,4,11-12,14H2,(H,21,25)(H,22,24). The Morgan fingerprint density at radius 1 is 1.14 bits per heavy atom. The minimum atomic E-state index is -3.26. The van der Waals surface area contributed by atoms with E-state index in [-0.39, 0.29) is 18.2 Å². The molecule has 2 N–H and O–H groups in total. The van der Waals surface area contributed by atoms with Crippen LogP contribution in [0.4, 0.5) is 11.4 Å². The number of anilines is 2. The molecule has 0 radical (unpaired) electrons. The van der Waals surface area contributed by atoms with Crippen molar-refractivity contribution in [1.82, 2.24) is 5.32 Å². The molecule has 1 aliphatic rings. The number of carbonyl (C=O) groups excluding carboxylic acids is 2. The maximum atomic E-state index is 12.2. The minimum absolute atomic E-state index is 0.134. The average molecular weight is 397 g/mol. The normalized spacial score (nSPS) is 14.9. The molecule has 1 saturated heterocycles. The summed E-state index contributed by atoms with van der Waals surface area (Å²) in [4.78, 5) is 24.2. The predicted molar refractivity (Wildman–Crippen MR) is 108 cm³/mol. The summed E-state index contributed by atoms with van der Waals surface area (Å²) in [6.45, 7) is 0.232. The number of hydrogen-bond donors (Lipinski definition) is 2. The van der Waals surface area contributed by atoms with Crippen molar-refractivity contribution in [3.05, 3.63) is 59.7 Å². The second-order valence-corrected chi connectivity index (χ2v) is 8.26. The zero-order valence-corrected chi connectivity index (χ0v) is 15.8. The van der Waals surface area contributed by atoms with E-state index in [1.807, 2.05) is 0 Å². The van der Waals surface area contributed by atoms with Gasteiger partial charge >= 0.3 is 0 Å². The summed E-state index contributed by atoms with van der Waals surface area (Å²) in [5, 5.41) is 5.19. The number of rotatable bonds is 5. The first-order valence-electron chi connectivity index (χ1n) is 8.64. The Morgan fingerprint density at radius 2 is 1.89 bits per heavy atom. The molecule has 144 valence electrons. The Labute approximate surface area is 163 Å². The number of carbonyl (C=O) groups is 2. The van der Waals surface area contributed by atoms with Crippen LogP contribution in [0.3, 0.4) is 0 Å². The molecule has 1 heterocycles. The fraction of sp³-hybridized carbons (Fsp3) is 0.200. The van der Waals surface area contributed by atoms with Gasteiger partial charge < -0.3 is 10.6 Å². The molecule has 2 aromatic rings. The van der Waals surface area contributed by atoms with Crippen LogP contribution < -0.4 is 14.9 Å². The van der Waals surface area contributed by atoms with Crippen molar-refractivity contribution in [2.45, 2.75) is 6.42 Å². The van der Waals surface area contributed by atoms with Gasteiger partial charge in [-0.3, -0.25) is 13.9 Å². The van der Waals surface area contributed by atoms with E-state index in [4.69, 9.17) is 6.42 Å². The largest absolute Gasteiger partial charge is 0.343 e. The van der Waals surface area contributed by atoms with E-state index in [1.54, 1.807) is 36.4 Å². The molecule has 1 fully saturated rings. The molecule has 1 aliphatic heterocycles. The van der Waals surface area contributed by atoms with Crippen molar-refractivity contribution in [2.75, 3.05) is 28.5 Å². The third-order valence-electron chi connectivity index (χ3n) is 4.24. The van der Waals surface area contributed by atoms with Crippen LogP contribution in [-0.2, 0) is 14.8 Å². The van der Waals surface area contributed by atoms with E-state index in [2.05, 4.69) is 16.6 Å². The van der Waals surface area contributed by atoms with Crippen LogP contribution in [-0.4, -0.2) is 39.1 Å². The molecule has 7 nitrogen and oxygen atoms in total. The molecule has 2 aromatic carbocycles. The van der Waals surface area contributed by atoms with Gasteiger partial charge in [-0.05, 0) is 48.9 Å². The summed E-state index contributed by atoms with van der Waals surface area (Å²) in [6.07, 6.45) is 5.91. The van der Waals surface area contributed by atoms with Gasteiger partial charge in [0.2, 0.25) is 15.9 Å². The van der Waals surface area contributed by atoms with E-state index in [9.17, 15) is 18.0 Å². The molecular formula is C20H19N3O4S. The van der Waals surface area contributed by atoms with Gasteiger partial charge in [0, 0.05) is 23.4 Å². The lowest BCUT2D eigenvalue weighted by molar-refractivity contribution is -0.115. The van der Waals surface area contributed by atoms with Crippen molar-refractivity contribution in [1.29, 1.82) is 0 Å². The van der Waals surface area contributed by atoms with Crippen molar-refractivity contribution in [3.8, 4) is 12.3 Å². The number of hydrogen-bond acceptors (Lipinski definition) is 4. The molecule has 8 heteroatoms. The van der Waals surface area contributed by atoms with Crippen LogP contribution in [0.2, 0.25) is 0 Å².